The van der Waals surface area contributed by atoms with Gasteiger partial charge in [-0.2, -0.15) is 0 Å². The number of rotatable bonds is 6. The molecular weight excluding hydrogens is 220 g/mol. The normalized spacial score (nSPS) is 15.0. The summed E-state index contributed by atoms with van der Waals surface area (Å²) in [6, 6.07) is 4.31. The van der Waals surface area contributed by atoms with Crippen LogP contribution < -0.4 is 5.32 Å². The van der Waals surface area contributed by atoms with Gasteiger partial charge in [0.1, 0.15) is 0 Å². The van der Waals surface area contributed by atoms with Gasteiger partial charge in [0.25, 0.3) is 0 Å². The van der Waals surface area contributed by atoms with Crippen LogP contribution in [0.3, 0.4) is 0 Å². The summed E-state index contributed by atoms with van der Waals surface area (Å²) in [7, 11) is -0.730. The van der Waals surface area contributed by atoms with Gasteiger partial charge in [-0.15, -0.1) is 0 Å². The molecule has 0 bridgehead atoms. The molecule has 1 heterocycles. The fourth-order valence-electron chi connectivity index (χ4n) is 1.66. The molecule has 2 unspecified atom stereocenters. The second-order valence-corrected chi connectivity index (χ2v) is 5.79. The van der Waals surface area contributed by atoms with Gasteiger partial charge >= 0.3 is 0 Å². The van der Waals surface area contributed by atoms with Crippen LogP contribution in [0.4, 0.5) is 0 Å². The average Bonchev–Trinajstić information content (AvgIpc) is 2.25. The predicted octanol–water partition coefficient (Wildman–Crippen LogP) is 1.75. The Kier molecular flexibility index (Phi) is 5.63. The van der Waals surface area contributed by atoms with Gasteiger partial charge in [-0.25, -0.2) is 0 Å². The first-order chi connectivity index (χ1) is 7.61. The lowest BCUT2D eigenvalue weighted by Crippen LogP contribution is -2.29. The summed E-state index contributed by atoms with van der Waals surface area (Å²) < 4.78 is 11.0. The van der Waals surface area contributed by atoms with Crippen LogP contribution in [0.1, 0.15) is 25.5 Å². The van der Waals surface area contributed by atoms with E-state index in [9.17, 15) is 4.21 Å². The Morgan fingerprint density at radius 3 is 2.75 bits per heavy atom. The molecule has 0 fully saturated rings. The maximum absolute atomic E-state index is 11.0. The highest BCUT2D eigenvalue weighted by molar-refractivity contribution is 7.84. The SMILES string of the molecule is CC(C)C(NCCS(C)=O)c1cccnc1. The van der Waals surface area contributed by atoms with Crippen LogP contribution in [0.25, 0.3) is 0 Å². The molecule has 16 heavy (non-hydrogen) atoms. The molecule has 2 atom stereocenters. The van der Waals surface area contributed by atoms with Crippen molar-refractivity contribution in [2.45, 2.75) is 19.9 Å². The van der Waals surface area contributed by atoms with E-state index in [1.165, 1.54) is 5.56 Å². The van der Waals surface area contributed by atoms with Gasteiger partial charge in [-0.1, -0.05) is 19.9 Å². The van der Waals surface area contributed by atoms with Crippen molar-refractivity contribution >= 4 is 10.8 Å². The maximum Gasteiger partial charge on any atom is 0.0358 e. The first-order valence-corrected chi connectivity index (χ1v) is 7.27. The molecule has 0 amide bonds. The fourth-order valence-corrected chi connectivity index (χ4v) is 2.06. The van der Waals surface area contributed by atoms with Crippen molar-refractivity contribution in [3.8, 4) is 0 Å². The molecule has 4 heteroatoms. The molecule has 0 radical (unpaired) electrons. The molecule has 0 aliphatic heterocycles. The van der Waals surface area contributed by atoms with Gasteiger partial charge in [-0.3, -0.25) is 9.19 Å². The van der Waals surface area contributed by atoms with Gasteiger partial charge in [0.05, 0.1) is 0 Å². The number of aromatic nitrogens is 1. The third-order valence-corrected chi connectivity index (χ3v) is 3.24. The zero-order valence-electron chi connectivity index (χ0n) is 10.1. The Balaban J connectivity index is 2.58. The van der Waals surface area contributed by atoms with E-state index in [0.717, 1.165) is 6.54 Å². The summed E-state index contributed by atoms with van der Waals surface area (Å²) in [6.45, 7) is 5.13. The van der Waals surface area contributed by atoms with Crippen molar-refractivity contribution in [2.75, 3.05) is 18.6 Å². The summed E-state index contributed by atoms with van der Waals surface area (Å²) in [5.41, 5.74) is 1.19. The van der Waals surface area contributed by atoms with E-state index in [1.54, 1.807) is 12.5 Å². The first kappa shape index (κ1) is 13.3. The van der Waals surface area contributed by atoms with Gasteiger partial charge in [0.15, 0.2) is 0 Å². The van der Waals surface area contributed by atoms with E-state index in [2.05, 4.69) is 30.2 Å². The van der Waals surface area contributed by atoms with E-state index >= 15 is 0 Å². The third-order valence-electron chi connectivity index (χ3n) is 2.46. The van der Waals surface area contributed by atoms with Crippen molar-refractivity contribution < 1.29 is 4.21 Å². The van der Waals surface area contributed by atoms with E-state index in [1.807, 2.05) is 12.3 Å². The molecule has 1 N–H and O–H groups in total. The molecule has 0 saturated heterocycles. The van der Waals surface area contributed by atoms with Crippen LogP contribution in [0, 0.1) is 5.92 Å². The van der Waals surface area contributed by atoms with E-state index < -0.39 is 10.8 Å². The molecule has 0 aliphatic carbocycles. The van der Waals surface area contributed by atoms with Crippen LogP contribution in [0.5, 0.6) is 0 Å². The number of pyridine rings is 1. The Morgan fingerprint density at radius 1 is 1.50 bits per heavy atom. The molecule has 1 aromatic rings. The lowest BCUT2D eigenvalue weighted by atomic mass is 9.97. The number of nitrogens with zero attached hydrogens (tertiary/aromatic N) is 1. The van der Waals surface area contributed by atoms with Crippen LogP contribution in [-0.4, -0.2) is 27.7 Å². The Labute approximate surface area is 100 Å². The van der Waals surface area contributed by atoms with E-state index in [0.29, 0.717) is 11.7 Å². The maximum atomic E-state index is 11.0. The zero-order chi connectivity index (χ0) is 12.0. The number of hydrogen-bond acceptors (Lipinski definition) is 3. The lowest BCUT2D eigenvalue weighted by Gasteiger charge is -2.22. The van der Waals surface area contributed by atoms with Crippen molar-refractivity contribution in [1.29, 1.82) is 0 Å². The summed E-state index contributed by atoms with van der Waals surface area (Å²) in [4.78, 5) is 4.13. The Morgan fingerprint density at radius 2 is 2.25 bits per heavy atom. The number of nitrogens with one attached hydrogen (secondary N) is 1. The van der Waals surface area contributed by atoms with Gasteiger partial charge in [0, 0.05) is 47.8 Å². The minimum absolute atomic E-state index is 0.289. The van der Waals surface area contributed by atoms with Crippen molar-refractivity contribution in [3.05, 3.63) is 30.1 Å². The molecule has 90 valence electrons. The summed E-state index contributed by atoms with van der Waals surface area (Å²) >= 11 is 0. The molecule has 1 rings (SSSR count). The molecule has 0 aliphatic rings. The summed E-state index contributed by atoms with van der Waals surface area (Å²) in [6.07, 6.45) is 5.40. The fraction of sp³-hybridized carbons (Fsp3) is 0.583. The van der Waals surface area contributed by atoms with Crippen molar-refractivity contribution in [3.63, 3.8) is 0 Å². The molecular formula is C12H20N2OS. The zero-order valence-corrected chi connectivity index (χ0v) is 11.0. The van der Waals surface area contributed by atoms with Crippen LogP contribution in [0.15, 0.2) is 24.5 Å². The van der Waals surface area contributed by atoms with Gasteiger partial charge in [-0.05, 0) is 17.5 Å². The van der Waals surface area contributed by atoms with Crippen LogP contribution in [-0.2, 0) is 10.8 Å². The quantitative estimate of drug-likeness (QED) is 0.823. The minimum atomic E-state index is -0.730. The Hall–Kier alpha value is -0.740. The smallest absolute Gasteiger partial charge is 0.0358 e. The molecule has 0 spiro atoms. The first-order valence-electron chi connectivity index (χ1n) is 5.54. The largest absolute Gasteiger partial charge is 0.309 e. The second-order valence-electron chi connectivity index (χ2n) is 4.24. The summed E-state index contributed by atoms with van der Waals surface area (Å²) in [5, 5.41) is 3.43. The lowest BCUT2D eigenvalue weighted by molar-refractivity contribution is 0.421. The third kappa shape index (κ3) is 4.41. The highest BCUT2D eigenvalue weighted by Crippen LogP contribution is 2.20. The van der Waals surface area contributed by atoms with Crippen LogP contribution in [0.2, 0.25) is 0 Å². The van der Waals surface area contributed by atoms with Crippen LogP contribution >= 0.6 is 0 Å². The average molecular weight is 240 g/mol. The molecule has 0 saturated carbocycles. The highest BCUT2D eigenvalue weighted by atomic mass is 32.2. The van der Waals surface area contributed by atoms with E-state index in [-0.39, 0.29) is 6.04 Å². The summed E-state index contributed by atoms with van der Waals surface area (Å²) in [5.74, 6) is 1.19. The van der Waals surface area contributed by atoms with E-state index in [4.69, 9.17) is 0 Å². The monoisotopic (exact) mass is 240 g/mol. The number of hydrogen-bond donors (Lipinski definition) is 1. The van der Waals surface area contributed by atoms with Crippen molar-refractivity contribution in [1.82, 2.24) is 10.3 Å². The predicted molar refractivity (Wildman–Crippen MR) is 68.8 cm³/mol. The molecule has 1 aromatic heterocycles. The topological polar surface area (TPSA) is 42.0 Å². The second kappa shape index (κ2) is 6.76. The molecule has 3 nitrogen and oxygen atoms in total. The van der Waals surface area contributed by atoms with Gasteiger partial charge < -0.3 is 5.32 Å². The van der Waals surface area contributed by atoms with Crippen molar-refractivity contribution in [2.24, 2.45) is 5.92 Å². The standard InChI is InChI=1S/C12H20N2OS/c1-10(2)12(14-7-8-16(3)15)11-5-4-6-13-9-11/h4-6,9-10,12,14H,7-8H2,1-3H3. The Bertz CT molecular complexity index is 327. The van der Waals surface area contributed by atoms with Gasteiger partial charge in [0.2, 0.25) is 0 Å². The molecule has 0 aromatic carbocycles. The minimum Gasteiger partial charge on any atom is -0.309 e. The highest BCUT2D eigenvalue weighted by Gasteiger charge is 2.14.